The van der Waals surface area contributed by atoms with Gasteiger partial charge in [0.05, 0.1) is 23.0 Å². The third-order valence-corrected chi connectivity index (χ3v) is 7.07. The topological polar surface area (TPSA) is 107 Å². The third-order valence-electron chi connectivity index (χ3n) is 5.92. The molecule has 0 radical (unpaired) electrons. The summed E-state index contributed by atoms with van der Waals surface area (Å²) in [6, 6.07) is 10.1. The highest BCUT2D eigenvalue weighted by molar-refractivity contribution is 7.99. The van der Waals surface area contributed by atoms with Gasteiger partial charge in [0.15, 0.2) is 0 Å². The summed E-state index contributed by atoms with van der Waals surface area (Å²) in [5.74, 6) is 1.14. The maximum absolute atomic E-state index is 13.2. The summed E-state index contributed by atoms with van der Waals surface area (Å²) in [6.07, 6.45) is 2.06. The largest absolute Gasteiger partial charge is 0.347 e. The van der Waals surface area contributed by atoms with E-state index in [1.807, 2.05) is 17.9 Å². The zero-order valence-electron chi connectivity index (χ0n) is 19.7. The lowest BCUT2D eigenvalue weighted by molar-refractivity contribution is -0.118. The molecule has 0 spiro atoms. The summed E-state index contributed by atoms with van der Waals surface area (Å²) in [5, 5.41) is 6.37. The zero-order chi connectivity index (χ0) is 24.9. The Kier molecular flexibility index (Phi) is 7.97. The number of carbonyl (C=O) groups excluding carboxylic acids is 3. The number of nitrogens with one attached hydrogen (secondary N) is 3. The van der Waals surface area contributed by atoms with Crippen LogP contribution in [0.1, 0.15) is 57.9 Å². The van der Waals surface area contributed by atoms with E-state index in [4.69, 9.17) is 11.6 Å². The first-order chi connectivity index (χ1) is 16.8. The minimum absolute atomic E-state index is 0.0140. The molecule has 0 saturated carbocycles. The second kappa shape index (κ2) is 11.1. The first kappa shape index (κ1) is 25.1. The average Bonchev–Trinajstić information content (AvgIpc) is 3.50. The number of aromatic nitrogens is 2. The molecule has 0 unspecified atom stereocenters. The molecular weight excluding hydrogens is 486 g/mol. The number of imidazole rings is 1. The number of amides is 3. The van der Waals surface area contributed by atoms with E-state index >= 15 is 0 Å². The molecule has 2 aromatic carbocycles. The van der Waals surface area contributed by atoms with E-state index in [0.29, 0.717) is 39.1 Å². The van der Waals surface area contributed by atoms with Gasteiger partial charge >= 0.3 is 0 Å². The van der Waals surface area contributed by atoms with E-state index < -0.39 is 6.04 Å². The van der Waals surface area contributed by atoms with E-state index in [2.05, 4.69) is 20.6 Å². The van der Waals surface area contributed by atoms with Crippen molar-refractivity contribution in [2.45, 2.75) is 32.7 Å². The van der Waals surface area contributed by atoms with Crippen LogP contribution < -0.4 is 10.6 Å². The first-order valence-electron chi connectivity index (χ1n) is 11.5. The SMILES string of the molecule is CC(=O)NCSC[C@H](NC(=O)c1ccc(C(=O)N2CCCC2)c(C)c1)c1nc2cc(Cl)ccc2[nH]1. The monoisotopic (exact) mass is 513 g/mol. The molecule has 3 N–H and O–H groups in total. The molecule has 1 aliphatic rings. The Hall–Kier alpha value is -3.04. The van der Waals surface area contributed by atoms with Crippen molar-refractivity contribution in [1.29, 1.82) is 0 Å². The molecule has 35 heavy (non-hydrogen) atoms. The Bertz CT molecular complexity index is 1260. The number of aryl methyl sites for hydroxylation is 1. The predicted octanol–water partition coefficient (Wildman–Crippen LogP) is 4.06. The van der Waals surface area contributed by atoms with Crippen LogP contribution in [0.5, 0.6) is 0 Å². The highest BCUT2D eigenvalue weighted by atomic mass is 35.5. The highest BCUT2D eigenvalue weighted by Crippen LogP contribution is 2.23. The van der Waals surface area contributed by atoms with Crippen molar-refractivity contribution in [2.24, 2.45) is 0 Å². The molecular formula is C25H28ClN5O3S. The Labute approximate surface area is 213 Å². The molecule has 10 heteroatoms. The van der Waals surface area contributed by atoms with Crippen LogP contribution in [0.25, 0.3) is 11.0 Å². The Morgan fingerprint density at radius 3 is 2.66 bits per heavy atom. The number of thioether (sulfide) groups is 1. The van der Waals surface area contributed by atoms with Gasteiger partial charge < -0.3 is 20.5 Å². The fourth-order valence-electron chi connectivity index (χ4n) is 4.06. The van der Waals surface area contributed by atoms with Gasteiger partial charge in [0.1, 0.15) is 5.82 Å². The van der Waals surface area contributed by atoms with Gasteiger partial charge in [-0.05, 0) is 61.7 Å². The lowest BCUT2D eigenvalue weighted by atomic mass is 10.0. The number of benzene rings is 2. The molecule has 1 aromatic heterocycles. The number of rotatable bonds is 8. The second-order valence-electron chi connectivity index (χ2n) is 8.59. The van der Waals surface area contributed by atoms with Crippen molar-refractivity contribution in [1.82, 2.24) is 25.5 Å². The van der Waals surface area contributed by atoms with Crippen molar-refractivity contribution in [2.75, 3.05) is 24.7 Å². The van der Waals surface area contributed by atoms with Crippen molar-refractivity contribution < 1.29 is 14.4 Å². The van der Waals surface area contributed by atoms with Crippen LogP contribution in [-0.2, 0) is 4.79 Å². The highest BCUT2D eigenvalue weighted by Gasteiger charge is 2.23. The number of hydrogen-bond acceptors (Lipinski definition) is 5. The first-order valence-corrected chi connectivity index (χ1v) is 13.0. The van der Waals surface area contributed by atoms with Crippen molar-refractivity contribution >= 4 is 52.1 Å². The lowest BCUT2D eigenvalue weighted by Gasteiger charge is -2.19. The third kappa shape index (κ3) is 6.15. The lowest BCUT2D eigenvalue weighted by Crippen LogP contribution is -2.32. The molecule has 1 saturated heterocycles. The molecule has 3 amide bonds. The zero-order valence-corrected chi connectivity index (χ0v) is 21.3. The van der Waals surface area contributed by atoms with Crippen LogP contribution in [0, 0.1) is 6.92 Å². The Morgan fingerprint density at radius 2 is 1.94 bits per heavy atom. The van der Waals surface area contributed by atoms with Crippen LogP contribution >= 0.6 is 23.4 Å². The summed E-state index contributed by atoms with van der Waals surface area (Å²) in [4.78, 5) is 46.9. The summed E-state index contributed by atoms with van der Waals surface area (Å²) in [5.41, 5.74) is 3.39. The van der Waals surface area contributed by atoms with Crippen molar-refractivity contribution in [3.8, 4) is 0 Å². The van der Waals surface area contributed by atoms with Gasteiger partial charge in [-0.3, -0.25) is 14.4 Å². The quantitative estimate of drug-likeness (QED) is 0.311. The van der Waals surface area contributed by atoms with Gasteiger partial charge in [-0.25, -0.2) is 4.98 Å². The van der Waals surface area contributed by atoms with Gasteiger partial charge in [0, 0.05) is 41.9 Å². The normalized spacial score (nSPS) is 14.2. The van der Waals surface area contributed by atoms with Crippen LogP contribution in [0.15, 0.2) is 36.4 Å². The molecule has 184 valence electrons. The van der Waals surface area contributed by atoms with Crippen LogP contribution in [0.2, 0.25) is 5.02 Å². The summed E-state index contributed by atoms with van der Waals surface area (Å²) in [6.45, 7) is 4.87. The predicted molar refractivity (Wildman–Crippen MR) is 139 cm³/mol. The van der Waals surface area contributed by atoms with Crippen LogP contribution in [-0.4, -0.2) is 57.3 Å². The molecule has 4 rings (SSSR count). The maximum atomic E-state index is 13.2. The minimum Gasteiger partial charge on any atom is -0.347 e. The van der Waals surface area contributed by atoms with E-state index in [9.17, 15) is 14.4 Å². The number of H-pyrrole nitrogens is 1. The van der Waals surface area contributed by atoms with Gasteiger partial charge in [-0.2, -0.15) is 0 Å². The fourth-order valence-corrected chi connectivity index (χ4v) is 5.13. The Morgan fingerprint density at radius 1 is 1.17 bits per heavy atom. The Balaban J connectivity index is 1.52. The van der Waals surface area contributed by atoms with E-state index in [1.54, 1.807) is 30.3 Å². The minimum atomic E-state index is -0.432. The molecule has 2 heterocycles. The van der Waals surface area contributed by atoms with Gasteiger partial charge in [0.2, 0.25) is 5.91 Å². The summed E-state index contributed by atoms with van der Waals surface area (Å²) in [7, 11) is 0. The summed E-state index contributed by atoms with van der Waals surface area (Å²) < 4.78 is 0. The molecule has 3 aromatic rings. The molecule has 8 nitrogen and oxygen atoms in total. The maximum Gasteiger partial charge on any atom is 0.254 e. The average molecular weight is 514 g/mol. The molecule has 1 atom stereocenters. The standard InChI is InChI=1S/C25H28ClN5O3S/c1-15-11-17(5-7-19(15)25(34)31-9-3-4-10-31)24(33)30-22(13-35-14-27-16(2)32)23-28-20-8-6-18(26)12-21(20)29-23/h5-8,11-12,22H,3-4,9-10,13-14H2,1-2H3,(H,27,32)(H,28,29)(H,30,33)/t22-/m0/s1. The molecule has 0 aliphatic carbocycles. The van der Waals surface area contributed by atoms with Crippen LogP contribution in [0.4, 0.5) is 0 Å². The summed E-state index contributed by atoms with van der Waals surface area (Å²) >= 11 is 7.58. The van der Waals surface area contributed by atoms with Gasteiger partial charge in [0.25, 0.3) is 11.8 Å². The number of hydrogen-bond donors (Lipinski definition) is 3. The number of halogens is 1. The number of fused-ring (bicyclic) bond motifs is 1. The van der Waals surface area contributed by atoms with E-state index in [1.165, 1.54) is 18.7 Å². The number of aromatic amines is 1. The number of nitrogens with zero attached hydrogens (tertiary/aromatic N) is 2. The second-order valence-corrected chi connectivity index (χ2v) is 10.1. The van der Waals surface area contributed by atoms with Gasteiger partial charge in [-0.15, -0.1) is 11.8 Å². The van der Waals surface area contributed by atoms with Crippen molar-refractivity contribution in [3.63, 3.8) is 0 Å². The molecule has 1 aliphatic heterocycles. The van der Waals surface area contributed by atoms with Crippen molar-refractivity contribution in [3.05, 3.63) is 63.9 Å². The molecule has 0 bridgehead atoms. The fraction of sp³-hybridized carbons (Fsp3) is 0.360. The number of carbonyl (C=O) groups is 3. The van der Waals surface area contributed by atoms with Gasteiger partial charge in [-0.1, -0.05) is 11.6 Å². The van der Waals surface area contributed by atoms with Crippen LogP contribution in [0.3, 0.4) is 0 Å². The van der Waals surface area contributed by atoms with E-state index in [-0.39, 0.29) is 17.7 Å². The van der Waals surface area contributed by atoms with E-state index in [0.717, 1.165) is 37.0 Å². The number of likely N-dealkylation sites (tertiary alicyclic amines) is 1. The smallest absolute Gasteiger partial charge is 0.254 e. The molecule has 1 fully saturated rings.